The molecule has 6 heterocycles. The van der Waals surface area contributed by atoms with Gasteiger partial charge in [-0.3, -0.25) is 62.4 Å². The highest BCUT2D eigenvalue weighted by molar-refractivity contribution is 6.14. The molecule has 4 aliphatic heterocycles. The lowest BCUT2D eigenvalue weighted by Gasteiger charge is -2.40. The Balaban J connectivity index is 0.744. The van der Waals surface area contributed by atoms with E-state index in [-0.39, 0.29) is 49.2 Å². The number of hydrogen-bond acceptors (Lipinski definition) is 22. The molecule has 0 unspecified atom stereocenters. The number of halogens is 1. The van der Waals surface area contributed by atoms with Crippen molar-refractivity contribution in [2.75, 3.05) is 59.2 Å². The first-order chi connectivity index (χ1) is 46.3. The second kappa shape index (κ2) is 31.3. The van der Waals surface area contributed by atoms with Gasteiger partial charge in [0.1, 0.15) is 74.9 Å². The Morgan fingerprint density at radius 3 is 2.12 bits per heavy atom. The monoisotopic (exact) mass is 1350 g/mol. The van der Waals surface area contributed by atoms with Crippen molar-refractivity contribution in [1.82, 2.24) is 62.3 Å². The molecule has 0 spiro atoms. The Labute approximate surface area is 550 Å². The molecule has 33 nitrogen and oxygen atoms in total. The molecule has 0 radical (unpaired) electrons. The molecule has 1 fully saturated rings. The van der Waals surface area contributed by atoms with Gasteiger partial charge in [-0.15, -0.1) is 0 Å². The fraction of sp³-hybridized carbons (Fsp3) is 0.460. The van der Waals surface area contributed by atoms with Crippen LogP contribution in [0.4, 0.5) is 4.39 Å². The number of rotatable bonds is 29. The van der Waals surface area contributed by atoms with Crippen LogP contribution in [-0.2, 0) is 103 Å². The Bertz CT molecular complexity index is 3890. The first-order valence-corrected chi connectivity index (χ1v) is 31.1. The first-order valence-electron chi connectivity index (χ1n) is 31.1. The van der Waals surface area contributed by atoms with E-state index < -0.39 is 209 Å². The quantitative estimate of drug-likeness (QED) is 0.00919. The Kier molecular flexibility index (Phi) is 23.0. The highest BCUT2D eigenvalue weighted by Crippen LogP contribution is 2.46. The molecule has 0 bridgehead atoms. The number of aryl methyl sites for hydroxylation is 1. The molecule has 9 atom stereocenters. The summed E-state index contributed by atoms with van der Waals surface area (Å²) in [4.78, 5) is 174. The van der Waals surface area contributed by atoms with E-state index in [0.717, 1.165) is 12.2 Å². The topological polar surface area (TPSA) is 480 Å². The summed E-state index contributed by atoms with van der Waals surface area (Å²) in [7, 11) is 0. The molecule has 518 valence electrons. The number of pyridine rings is 2. The molecule has 1 saturated heterocycles. The molecular formula is C63H73FN12O21. The average molecular weight is 1350 g/mol. The Hall–Kier alpha value is -9.97. The van der Waals surface area contributed by atoms with Gasteiger partial charge in [-0.25, -0.2) is 14.2 Å². The molecule has 9 rings (SSSR count). The van der Waals surface area contributed by atoms with E-state index >= 15 is 4.39 Å². The summed E-state index contributed by atoms with van der Waals surface area (Å²) in [6.07, 6.45) is -6.44. The lowest BCUT2D eigenvalue weighted by molar-refractivity contribution is -0.227. The lowest BCUT2D eigenvalue weighted by Crippen LogP contribution is -2.60. The third-order valence-corrected chi connectivity index (χ3v) is 17.2. The fourth-order valence-electron chi connectivity index (χ4n) is 12.0. The average Bonchev–Trinajstić information content (AvgIpc) is 1.57. The summed E-state index contributed by atoms with van der Waals surface area (Å²) in [5, 5.41) is 74.2. The summed E-state index contributed by atoms with van der Waals surface area (Å²) in [5.41, 5.74) is 1.35. The highest BCUT2D eigenvalue weighted by Gasteiger charge is 2.47. The van der Waals surface area contributed by atoms with Crippen LogP contribution in [0.3, 0.4) is 0 Å². The number of carbonyl (C=O) groups excluding carboxylic acids is 12. The van der Waals surface area contributed by atoms with Crippen LogP contribution in [0.1, 0.15) is 84.0 Å². The predicted molar refractivity (Wildman–Crippen MR) is 330 cm³/mol. The summed E-state index contributed by atoms with van der Waals surface area (Å²) in [6, 6.07) is 7.73. The van der Waals surface area contributed by atoms with E-state index in [1.54, 1.807) is 44.2 Å². The summed E-state index contributed by atoms with van der Waals surface area (Å²) in [6.45, 7) is -2.41. The number of ether oxygens (including phenoxy) is 3. The van der Waals surface area contributed by atoms with E-state index in [1.165, 1.54) is 16.7 Å². The van der Waals surface area contributed by atoms with Crippen molar-refractivity contribution in [3.63, 3.8) is 0 Å². The minimum absolute atomic E-state index is 0.0105. The minimum atomic E-state index is -2.09. The zero-order valence-electron chi connectivity index (χ0n) is 52.5. The van der Waals surface area contributed by atoms with Crippen LogP contribution in [0, 0.1) is 12.7 Å². The van der Waals surface area contributed by atoms with Crippen molar-refractivity contribution in [1.29, 1.82) is 0 Å². The molecule has 2 aromatic heterocycles. The van der Waals surface area contributed by atoms with Gasteiger partial charge in [0.05, 0.1) is 61.3 Å². The van der Waals surface area contributed by atoms with Crippen LogP contribution in [0.25, 0.3) is 22.3 Å². The standard InChI is InChI=1S/C63H73FN12O21/c1-3-63(94)35-18-41-55-33(24-75(41)61(92)34(35)27-96-62(63)93)54-37(10-9-32-30(2)36(64)19-39(74-55)53(32)54)71-50(84)28-95-29-70-47(81)22-69-60(91)40(17-31-7-5-4-6-8-31)73-48(82)23-67-46(80)21-68-59(90)38(72-45(79)15-16-65-49(83)25-76-51(85)13-14-52(76)86)11-12-44(78)66-20-42-56(87)58(89)57(88)43(26-77)97-42/h4-8,13-14,18-19,37-38,40,42-43,56-58,77,87-89,94H,3,9-12,15-17,20-29H2,1-2H3,(H,65,83)(H,66,78)(H,67,80)(H,68,90)(H,69,91)(H,70,81)(H,71,84)(H,72,79)(H,73,82)/t37-,38-,40-,42-,43+,56-,57+,58+,63-/m0/s1. The van der Waals surface area contributed by atoms with Crippen LogP contribution in [0.15, 0.2) is 59.4 Å². The first kappa shape index (κ1) is 71.3. The van der Waals surface area contributed by atoms with Crippen molar-refractivity contribution in [3.8, 4) is 11.4 Å². The maximum absolute atomic E-state index is 15.5. The van der Waals surface area contributed by atoms with Gasteiger partial charge in [0, 0.05) is 67.1 Å². The van der Waals surface area contributed by atoms with Crippen molar-refractivity contribution in [2.45, 2.75) is 126 Å². The van der Waals surface area contributed by atoms with Crippen LogP contribution in [-0.4, -0.2) is 213 Å². The molecule has 4 aromatic rings. The number of hydrogen-bond donors (Lipinski definition) is 14. The van der Waals surface area contributed by atoms with Crippen molar-refractivity contribution < 1.29 is 102 Å². The number of benzene rings is 2. The van der Waals surface area contributed by atoms with E-state index in [4.69, 9.17) is 19.2 Å². The number of carbonyl (C=O) groups is 12. The number of fused-ring (bicyclic) bond motifs is 5. The summed E-state index contributed by atoms with van der Waals surface area (Å²) in [5.74, 6) is -10.2. The van der Waals surface area contributed by atoms with Crippen molar-refractivity contribution in [2.24, 2.45) is 0 Å². The number of esters is 1. The van der Waals surface area contributed by atoms with E-state index in [2.05, 4.69) is 47.9 Å². The lowest BCUT2D eigenvalue weighted by atomic mass is 9.81. The highest BCUT2D eigenvalue weighted by atomic mass is 19.1. The van der Waals surface area contributed by atoms with Crippen molar-refractivity contribution in [3.05, 3.63) is 110 Å². The van der Waals surface area contributed by atoms with Gasteiger partial charge < -0.3 is 92.2 Å². The SMILES string of the molecule is CC[C@@]1(O)C(=O)OCc2c1cc1n(c2=O)Cc2c-1nc1cc(F)c(C)c3c1c2[C@@H](NC(=O)COCNC(=O)CNC(=O)[C@H](Cc1ccccc1)NC(=O)CNC(=O)CNC(=O)[C@H](CCC(=O)NC[C@@H]1O[C@H](CO)[C@@H](O)[C@H](O)[C@H]1O)NC(=O)CCNC(=O)CN1C(=O)C=CC1=O)CC3. The minimum Gasteiger partial charge on any atom is -0.458 e. The van der Waals surface area contributed by atoms with Gasteiger partial charge in [-0.05, 0) is 60.9 Å². The van der Waals surface area contributed by atoms with Crippen LogP contribution in [0.2, 0.25) is 0 Å². The smallest absolute Gasteiger partial charge is 0.343 e. The number of aromatic nitrogens is 2. The zero-order chi connectivity index (χ0) is 70.0. The van der Waals surface area contributed by atoms with E-state index in [9.17, 15) is 87.9 Å². The van der Waals surface area contributed by atoms with Crippen LogP contribution >= 0.6 is 0 Å². The summed E-state index contributed by atoms with van der Waals surface area (Å²) >= 11 is 0. The second-order valence-corrected chi connectivity index (χ2v) is 23.6. The fourth-order valence-corrected chi connectivity index (χ4v) is 12.0. The number of nitrogens with one attached hydrogen (secondary N) is 9. The number of aliphatic hydroxyl groups excluding tert-OH is 4. The third-order valence-electron chi connectivity index (χ3n) is 17.2. The summed E-state index contributed by atoms with van der Waals surface area (Å²) < 4.78 is 33.0. The second-order valence-electron chi connectivity index (χ2n) is 23.6. The van der Waals surface area contributed by atoms with Crippen LogP contribution < -0.4 is 53.4 Å². The number of aliphatic hydroxyl groups is 5. The Morgan fingerprint density at radius 1 is 0.753 bits per heavy atom. The Morgan fingerprint density at radius 2 is 1.42 bits per heavy atom. The van der Waals surface area contributed by atoms with Gasteiger partial charge >= 0.3 is 5.97 Å². The molecule has 1 aliphatic carbocycles. The zero-order valence-corrected chi connectivity index (χ0v) is 52.5. The van der Waals surface area contributed by atoms with Gasteiger partial charge in [0.15, 0.2) is 5.60 Å². The third kappa shape index (κ3) is 16.5. The molecule has 2 aromatic carbocycles. The molecule has 0 saturated carbocycles. The molecule has 34 heteroatoms. The van der Waals surface area contributed by atoms with Crippen molar-refractivity contribution >= 4 is 81.9 Å². The van der Waals surface area contributed by atoms with Gasteiger partial charge in [-0.1, -0.05) is 37.3 Å². The maximum atomic E-state index is 15.5. The largest absolute Gasteiger partial charge is 0.458 e. The maximum Gasteiger partial charge on any atom is 0.343 e. The molecule has 97 heavy (non-hydrogen) atoms. The van der Waals surface area contributed by atoms with Gasteiger partial charge in [0.2, 0.25) is 53.2 Å². The number of cyclic esters (lactones) is 1. The normalized spacial score (nSPS) is 21.0. The van der Waals surface area contributed by atoms with Gasteiger partial charge in [0.25, 0.3) is 17.4 Å². The van der Waals surface area contributed by atoms with E-state index in [1.807, 2.05) is 0 Å². The predicted octanol–water partition coefficient (Wildman–Crippen LogP) is -5.55. The number of amides is 11. The number of imide groups is 1. The molecule has 5 aliphatic rings. The molecule has 11 amide bonds. The van der Waals surface area contributed by atoms with Gasteiger partial charge in [-0.2, -0.15) is 0 Å². The molecule has 14 N–H and O–H groups in total. The number of nitrogens with zero attached hydrogens (tertiary/aromatic N) is 3. The molecular weight excluding hydrogens is 1280 g/mol. The van der Waals surface area contributed by atoms with E-state index in [0.29, 0.717) is 62.3 Å². The van der Waals surface area contributed by atoms with Crippen LogP contribution in [0.5, 0.6) is 0 Å².